The molecule has 5 heteroatoms. The Morgan fingerprint density at radius 3 is 2.88 bits per heavy atom. The smallest absolute Gasteiger partial charge is 0.237 e. The van der Waals surface area contributed by atoms with Gasteiger partial charge in [-0.3, -0.25) is 4.79 Å². The first-order valence-corrected chi connectivity index (χ1v) is 5.00. The van der Waals surface area contributed by atoms with Crippen molar-refractivity contribution in [3.05, 3.63) is 18.3 Å². The summed E-state index contributed by atoms with van der Waals surface area (Å²) in [5, 5.41) is 2.71. The molecule has 1 amide bonds. The molecule has 0 saturated heterocycles. The van der Waals surface area contributed by atoms with Gasteiger partial charge >= 0.3 is 0 Å². The van der Waals surface area contributed by atoms with E-state index in [2.05, 4.69) is 10.3 Å². The first kappa shape index (κ1) is 12.4. The van der Waals surface area contributed by atoms with Gasteiger partial charge < -0.3 is 15.8 Å². The number of anilines is 1. The molecule has 5 nitrogen and oxygen atoms in total. The summed E-state index contributed by atoms with van der Waals surface area (Å²) in [5.41, 5.74) is 5.78. The number of carbonyl (C=O) groups excluding carboxylic acids is 1. The van der Waals surface area contributed by atoms with Gasteiger partial charge in [0.25, 0.3) is 0 Å². The number of hydrogen-bond acceptors (Lipinski definition) is 4. The summed E-state index contributed by atoms with van der Waals surface area (Å²) in [5.74, 6) is 0.240. The summed E-state index contributed by atoms with van der Waals surface area (Å²) >= 11 is 0. The van der Waals surface area contributed by atoms with Crippen LogP contribution in [0.4, 0.5) is 5.69 Å². The van der Waals surface area contributed by atoms with Gasteiger partial charge in [-0.25, -0.2) is 4.98 Å². The zero-order valence-corrected chi connectivity index (χ0v) is 9.78. The van der Waals surface area contributed by atoms with Crippen LogP contribution in [0.25, 0.3) is 0 Å². The highest BCUT2D eigenvalue weighted by Crippen LogP contribution is 2.20. The van der Waals surface area contributed by atoms with Gasteiger partial charge in [0.15, 0.2) is 0 Å². The summed E-state index contributed by atoms with van der Waals surface area (Å²) < 4.78 is 5.02. The second-order valence-corrected chi connectivity index (χ2v) is 4.27. The summed E-state index contributed by atoms with van der Waals surface area (Å²) in [6.45, 7) is 3.60. The molecule has 88 valence electrons. The minimum atomic E-state index is -0.528. The number of carbonyl (C=O) groups is 1. The average molecular weight is 223 g/mol. The molecule has 3 N–H and O–H groups in total. The van der Waals surface area contributed by atoms with Crippen LogP contribution in [-0.2, 0) is 4.79 Å². The van der Waals surface area contributed by atoms with Crippen LogP contribution in [0, 0.1) is 0 Å². The second-order valence-electron chi connectivity index (χ2n) is 4.27. The van der Waals surface area contributed by atoms with Crippen LogP contribution in [0.2, 0.25) is 0 Å². The zero-order valence-electron chi connectivity index (χ0n) is 9.78. The van der Waals surface area contributed by atoms with Crippen molar-refractivity contribution in [1.82, 2.24) is 4.98 Å². The highest BCUT2D eigenvalue weighted by Gasteiger charge is 2.17. The van der Waals surface area contributed by atoms with Crippen molar-refractivity contribution in [3.63, 3.8) is 0 Å². The molecule has 0 aromatic carbocycles. The predicted octanol–water partition coefficient (Wildman–Crippen LogP) is 1.16. The Kier molecular flexibility index (Phi) is 3.84. The molecule has 0 aliphatic carbocycles. The SMILES string of the molecule is COc1ncccc1NC(=O)CC(C)(C)N. The number of ether oxygens (including phenoxy) is 1. The van der Waals surface area contributed by atoms with E-state index in [4.69, 9.17) is 10.5 Å². The third kappa shape index (κ3) is 3.86. The first-order valence-electron chi connectivity index (χ1n) is 5.00. The lowest BCUT2D eigenvalue weighted by molar-refractivity contribution is -0.117. The number of nitrogens with one attached hydrogen (secondary N) is 1. The Hall–Kier alpha value is -1.62. The van der Waals surface area contributed by atoms with E-state index in [1.165, 1.54) is 7.11 Å². The van der Waals surface area contributed by atoms with Crippen LogP contribution in [0.1, 0.15) is 20.3 Å². The molecular weight excluding hydrogens is 206 g/mol. The molecule has 0 aliphatic heterocycles. The van der Waals surface area contributed by atoms with Crippen molar-refractivity contribution in [1.29, 1.82) is 0 Å². The number of hydrogen-bond donors (Lipinski definition) is 2. The second kappa shape index (κ2) is 4.94. The fourth-order valence-electron chi connectivity index (χ4n) is 1.26. The van der Waals surface area contributed by atoms with E-state index >= 15 is 0 Å². The van der Waals surface area contributed by atoms with Crippen molar-refractivity contribution in [3.8, 4) is 5.88 Å². The maximum atomic E-state index is 11.6. The number of rotatable bonds is 4. The normalized spacial score (nSPS) is 11.0. The highest BCUT2D eigenvalue weighted by atomic mass is 16.5. The Labute approximate surface area is 95.0 Å². The summed E-state index contributed by atoms with van der Waals surface area (Å²) in [4.78, 5) is 15.6. The molecule has 0 fully saturated rings. The van der Waals surface area contributed by atoms with E-state index in [-0.39, 0.29) is 12.3 Å². The van der Waals surface area contributed by atoms with E-state index in [0.29, 0.717) is 11.6 Å². The van der Waals surface area contributed by atoms with Gasteiger partial charge in [0.2, 0.25) is 11.8 Å². The van der Waals surface area contributed by atoms with E-state index in [1.807, 2.05) is 0 Å². The molecule has 0 atom stereocenters. The number of pyridine rings is 1. The zero-order chi connectivity index (χ0) is 12.2. The molecule has 16 heavy (non-hydrogen) atoms. The molecular formula is C11H17N3O2. The largest absolute Gasteiger partial charge is 0.480 e. The summed E-state index contributed by atoms with van der Waals surface area (Å²) in [7, 11) is 1.50. The number of amides is 1. The van der Waals surface area contributed by atoms with Gasteiger partial charge in [-0.2, -0.15) is 0 Å². The van der Waals surface area contributed by atoms with Crippen molar-refractivity contribution < 1.29 is 9.53 Å². The predicted molar refractivity (Wildman–Crippen MR) is 62.3 cm³/mol. The van der Waals surface area contributed by atoms with Gasteiger partial charge in [-0.15, -0.1) is 0 Å². The number of aromatic nitrogens is 1. The fourth-order valence-corrected chi connectivity index (χ4v) is 1.26. The molecule has 0 saturated carbocycles. The summed E-state index contributed by atoms with van der Waals surface area (Å²) in [6.07, 6.45) is 1.84. The first-order chi connectivity index (χ1) is 7.42. The lowest BCUT2D eigenvalue weighted by Crippen LogP contribution is -2.36. The maximum absolute atomic E-state index is 11.6. The van der Waals surface area contributed by atoms with Gasteiger partial charge in [0, 0.05) is 18.2 Å². The molecule has 0 bridgehead atoms. The third-order valence-corrected chi connectivity index (χ3v) is 1.85. The van der Waals surface area contributed by atoms with Crippen molar-refractivity contribution in [2.24, 2.45) is 5.73 Å². The Balaban J connectivity index is 2.70. The van der Waals surface area contributed by atoms with Crippen LogP contribution >= 0.6 is 0 Å². The molecule has 0 aliphatic rings. The van der Waals surface area contributed by atoms with Gasteiger partial charge in [0.1, 0.15) is 5.69 Å². The maximum Gasteiger partial charge on any atom is 0.237 e. The standard InChI is InChI=1S/C11H17N3O2/c1-11(2,12)7-9(15)14-8-5-4-6-13-10(8)16-3/h4-6H,7,12H2,1-3H3,(H,14,15). The molecule has 1 rings (SSSR count). The Morgan fingerprint density at radius 2 is 2.31 bits per heavy atom. The quantitative estimate of drug-likeness (QED) is 0.802. The van der Waals surface area contributed by atoms with Crippen LogP contribution < -0.4 is 15.8 Å². The summed E-state index contributed by atoms with van der Waals surface area (Å²) in [6, 6.07) is 3.46. The fraction of sp³-hybridized carbons (Fsp3) is 0.455. The topological polar surface area (TPSA) is 77.2 Å². The lowest BCUT2D eigenvalue weighted by atomic mass is 10.0. The average Bonchev–Trinajstić information content (AvgIpc) is 2.15. The van der Waals surface area contributed by atoms with Crippen molar-refractivity contribution >= 4 is 11.6 Å². The highest BCUT2D eigenvalue weighted by molar-refractivity contribution is 5.92. The van der Waals surface area contributed by atoms with E-state index in [9.17, 15) is 4.79 Å². The molecule has 1 aromatic heterocycles. The van der Waals surface area contributed by atoms with Crippen molar-refractivity contribution in [2.75, 3.05) is 12.4 Å². The molecule has 0 unspecified atom stereocenters. The lowest BCUT2D eigenvalue weighted by Gasteiger charge is -2.17. The van der Waals surface area contributed by atoms with Gasteiger partial charge in [0.05, 0.1) is 7.11 Å². The minimum Gasteiger partial charge on any atom is -0.480 e. The van der Waals surface area contributed by atoms with Crippen molar-refractivity contribution in [2.45, 2.75) is 25.8 Å². The Morgan fingerprint density at radius 1 is 1.62 bits per heavy atom. The molecule has 0 radical (unpaired) electrons. The van der Waals surface area contributed by atoms with E-state index in [1.54, 1.807) is 32.2 Å². The van der Waals surface area contributed by atoms with E-state index < -0.39 is 5.54 Å². The number of nitrogens with two attached hydrogens (primary N) is 1. The van der Waals surface area contributed by atoms with Crippen LogP contribution in [0.3, 0.4) is 0 Å². The minimum absolute atomic E-state index is 0.154. The van der Waals surface area contributed by atoms with Gasteiger partial charge in [-0.1, -0.05) is 0 Å². The molecule has 1 aromatic rings. The van der Waals surface area contributed by atoms with Crippen LogP contribution in [0.15, 0.2) is 18.3 Å². The number of methoxy groups -OCH3 is 1. The van der Waals surface area contributed by atoms with Crippen LogP contribution in [0.5, 0.6) is 5.88 Å². The van der Waals surface area contributed by atoms with E-state index in [0.717, 1.165) is 0 Å². The van der Waals surface area contributed by atoms with Crippen LogP contribution in [-0.4, -0.2) is 23.5 Å². The molecule has 1 heterocycles. The molecule has 0 spiro atoms. The Bertz CT molecular complexity index is 372. The van der Waals surface area contributed by atoms with Gasteiger partial charge in [-0.05, 0) is 26.0 Å². The number of nitrogens with zero attached hydrogens (tertiary/aromatic N) is 1. The third-order valence-electron chi connectivity index (χ3n) is 1.85. The monoisotopic (exact) mass is 223 g/mol.